The monoisotopic (exact) mass is 233 g/mol. The molecule has 3 aliphatic rings. The van der Waals surface area contributed by atoms with Gasteiger partial charge in [-0.1, -0.05) is 6.42 Å². The molecule has 3 saturated carbocycles. The van der Waals surface area contributed by atoms with Gasteiger partial charge in [0.15, 0.2) is 0 Å². The molecular formula is C14H19NS. The van der Waals surface area contributed by atoms with Gasteiger partial charge in [0.1, 0.15) is 0 Å². The first kappa shape index (κ1) is 9.67. The van der Waals surface area contributed by atoms with Gasteiger partial charge in [-0.25, -0.2) is 0 Å². The van der Waals surface area contributed by atoms with E-state index in [0.717, 1.165) is 23.7 Å². The molecule has 2 bridgehead atoms. The zero-order valence-electron chi connectivity index (χ0n) is 9.56. The maximum Gasteiger partial charge on any atom is 0.0452 e. The van der Waals surface area contributed by atoms with Gasteiger partial charge in [0.2, 0.25) is 0 Å². The van der Waals surface area contributed by atoms with Crippen LogP contribution >= 0.6 is 11.3 Å². The van der Waals surface area contributed by atoms with Crippen LogP contribution in [0.4, 0.5) is 0 Å². The van der Waals surface area contributed by atoms with Crippen molar-refractivity contribution in [1.82, 2.24) is 0 Å². The Balaban J connectivity index is 1.74. The summed E-state index contributed by atoms with van der Waals surface area (Å²) in [5.41, 5.74) is 8.24. The molecule has 1 heterocycles. The molecule has 2 heteroatoms. The molecule has 1 aromatic heterocycles. The first-order valence-corrected chi connectivity index (χ1v) is 7.55. The highest BCUT2D eigenvalue weighted by Crippen LogP contribution is 2.64. The molecule has 3 aliphatic carbocycles. The number of hydrogen-bond acceptors (Lipinski definition) is 2. The van der Waals surface area contributed by atoms with Crippen molar-refractivity contribution in [3.05, 3.63) is 22.4 Å². The van der Waals surface area contributed by atoms with E-state index in [1.54, 1.807) is 11.3 Å². The Morgan fingerprint density at radius 1 is 1.31 bits per heavy atom. The summed E-state index contributed by atoms with van der Waals surface area (Å²) in [5.74, 6) is 3.74. The fourth-order valence-corrected chi connectivity index (χ4v) is 5.80. The summed E-state index contributed by atoms with van der Waals surface area (Å²) in [6.45, 7) is 0. The van der Waals surface area contributed by atoms with Gasteiger partial charge in [-0.15, -0.1) is 0 Å². The molecular weight excluding hydrogens is 214 g/mol. The highest BCUT2D eigenvalue weighted by molar-refractivity contribution is 7.08. The van der Waals surface area contributed by atoms with Crippen LogP contribution in [0.3, 0.4) is 0 Å². The Labute approximate surface area is 101 Å². The highest BCUT2D eigenvalue weighted by Gasteiger charge is 2.59. The van der Waals surface area contributed by atoms with Crippen molar-refractivity contribution in [2.45, 2.75) is 37.6 Å². The summed E-state index contributed by atoms with van der Waals surface area (Å²) in [6.07, 6.45) is 7.08. The van der Waals surface area contributed by atoms with Gasteiger partial charge in [-0.05, 0) is 71.7 Å². The predicted molar refractivity (Wildman–Crippen MR) is 67.2 cm³/mol. The molecule has 0 aromatic carbocycles. The third-order valence-electron chi connectivity index (χ3n) is 5.62. The summed E-state index contributed by atoms with van der Waals surface area (Å²) in [6, 6.07) is 2.26. The molecule has 1 aromatic rings. The quantitative estimate of drug-likeness (QED) is 0.791. The lowest BCUT2D eigenvalue weighted by Gasteiger charge is -2.40. The van der Waals surface area contributed by atoms with Crippen molar-refractivity contribution >= 4 is 11.3 Å². The predicted octanol–water partition coefficient (Wildman–Crippen LogP) is 3.36. The SMILES string of the molecule is NC1(c2ccsc2)CC2CC1C1CCCC21. The average molecular weight is 233 g/mol. The van der Waals surface area contributed by atoms with Crippen molar-refractivity contribution in [3.63, 3.8) is 0 Å². The summed E-state index contributed by atoms with van der Waals surface area (Å²) >= 11 is 1.80. The Hall–Kier alpha value is -0.340. The van der Waals surface area contributed by atoms with Crippen LogP contribution in [-0.2, 0) is 5.54 Å². The Kier molecular flexibility index (Phi) is 1.88. The zero-order chi connectivity index (χ0) is 10.8. The van der Waals surface area contributed by atoms with Crippen LogP contribution in [0.2, 0.25) is 0 Å². The van der Waals surface area contributed by atoms with Gasteiger partial charge in [0.05, 0.1) is 0 Å². The molecule has 3 fully saturated rings. The standard InChI is InChI=1S/C14H19NS/c15-14(10-4-5-16-8-10)7-9-6-13(14)12-3-1-2-11(9)12/h4-5,8-9,11-13H,1-3,6-7,15H2. The van der Waals surface area contributed by atoms with E-state index in [4.69, 9.17) is 5.73 Å². The number of fused-ring (bicyclic) bond motifs is 5. The minimum Gasteiger partial charge on any atom is -0.321 e. The lowest BCUT2D eigenvalue weighted by Crippen LogP contribution is -2.46. The molecule has 86 valence electrons. The molecule has 0 saturated heterocycles. The van der Waals surface area contributed by atoms with Gasteiger partial charge in [0, 0.05) is 5.54 Å². The number of hydrogen-bond donors (Lipinski definition) is 1. The van der Waals surface area contributed by atoms with Gasteiger partial charge in [-0.2, -0.15) is 11.3 Å². The van der Waals surface area contributed by atoms with E-state index in [-0.39, 0.29) is 5.54 Å². The summed E-state index contributed by atoms with van der Waals surface area (Å²) < 4.78 is 0. The van der Waals surface area contributed by atoms with Crippen LogP contribution in [0.25, 0.3) is 0 Å². The van der Waals surface area contributed by atoms with Crippen molar-refractivity contribution < 1.29 is 0 Å². The van der Waals surface area contributed by atoms with Gasteiger partial charge in [-0.3, -0.25) is 0 Å². The maximum atomic E-state index is 6.77. The highest BCUT2D eigenvalue weighted by atomic mass is 32.1. The molecule has 5 unspecified atom stereocenters. The topological polar surface area (TPSA) is 26.0 Å². The number of thiophene rings is 1. The van der Waals surface area contributed by atoms with Crippen LogP contribution < -0.4 is 5.73 Å². The van der Waals surface area contributed by atoms with Crippen LogP contribution in [0.5, 0.6) is 0 Å². The largest absolute Gasteiger partial charge is 0.321 e. The third-order valence-corrected chi connectivity index (χ3v) is 6.31. The normalized spacial score (nSPS) is 49.8. The molecule has 0 aliphatic heterocycles. The molecule has 5 atom stereocenters. The Morgan fingerprint density at radius 3 is 3.00 bits per heavy atom. The zero-order valence-corrected chi connectivity index (χ0v) is 10.4. The van der Waals surface area contributed by atoms with Crippen LogP contribution in [0.15, 0.2) is 16.8 Å². The molecule has 1 nitrogen and oxygen atoms in total. The fraction of sp³-hybridized carbons (Fsp3) is 0.714. The minimum atomic E-state index is 0.0379. The van der Waals surface area contributed by atoms with E-state index in [9.17, 15) is 0 Å². The first-order chi connectivity index (χ1) is 7.79. The summed E-state index contributed by atoms with van der Waals surface area (Å²) in [5, 5.41) is 4.47. The third kappa shape index (κ3) is 1.05. The lowest BCUT2D eigenvalue weighted by atomic mass is 9.69. The lowest BCUT2D eigenvalue weighted by molar-refractivity contribution is 0.157. The smallest absolute Gasteiger partial charge is 0.0452 e. The van der Waals surface area contributed by atoms with Crippen LogP contribution in [0, 0.1) is 23.7 Å². The first-order valence-electron chi connectivity index (χ1n) is 6.60. The van der Waals surface area contributed by atoms with Crippen LogP contribution in [-0.4, -0.2) is 0 Å². The second-order valence-electron chi connectivity index (χ2n) is 6.12. The maximum absolute atomic E-state index is 6.77. The second-order valence-corrected chi connectivity index (χ2v) is 6.90. The minimum absolute atomic E-state index is 0.0379. The molecule has 0 spiro atoms. The Bertz CT molecular complexity index is 399. The fourth-order valence-electron chi connectivity index (χ4n) is 5.05. The molecule has 4 rings (SSSR count). The van der Waals surface area contributed by atoms with Gasteiger partial charge >= 0.3 is 0 Å². The van der Waals surface area contributed by atoms with Crippen LogP contribution in [0.1, 0.15) is 37.7 Å². The van der Waals surface area contributed by atoms with Crippen molar-refractivity contribution in [1.29, 1.82) is 0 Å². The van der Waals surface area contributed by atoms with E-state index in [0.29, 0.717) is 0 Å². The van der Waals surface area contributed by atoms with Crippen molar-refractivity contribution in [2.75, 3.05) is 0 Å². The van der Waals surface area contributed by atoms with E-state index in [1.165, 1.54) is 37.7 Å². The average Bonchev–Trinajstić information content (AvgIpc) is 3.00. The van der Waals surface area contributed by atoms with Crippen molar-refractivity contribution in [2.24, 2.45) is 29.4 Å². The molecule has 0 radical (unpaired) electrons. The van der Waals surface area contributed by atoms with E-state index < -0.39 is 0 Å². The van der Waals surface area contributed by atoms with Gasteiger partial charge in [0.25, 0.3) is 0 Å². The summed E-state index contributed by atoms with van der Waals surface area (Å²) in [7, 11) is 0. The van der Waals surface area contributed by atoms with E-state index in [1.807, 2.05) is 0 Å². The van der Waals surface area contributed by atoms with E-state index in [2.05, 4.69) is 16.8 Å². The van der Waals surface area contributed by atoms with Gasteiger partial charge < -0.3 is 5.73 Å². The van der Waals surface area contributed by atoms with Crippen molar-refractivity contribution in [3.8, 4) is 0 Å². The molecule has 16 heavy (non-hydrogen) atoms. The molecule has 0 amide bonds. The molecule has 2 N–H and O–H groups in total. The summed E-state index contributed by atoms with van der Waals surface area (Å²) in [4.78, 5) is 0. The second kappa shape index (κ2) is 3.11. The van der Waals surface area contributed by atoms with E-state index >= 15 is 0 Å². The Morgan fingerprint density at radius 2 is 2.19 bits per heavy atom. The number of rotatable bonds is 1. The number of nitrogens with two attached hydrogens (primary N) is 1.